The third kappa shape index (κ3) is 4.84. The smallest absolute Gasteiger partial charge is 0.404 e. The molecule has 158 valence electrons. The Hall–Kier alpha value is -3.65. The van der Waals surface area contributed by atoms with E-state index in [-0.39, 0.29) is 17.1 Å². The molecule has 11 nitrogen and oxygen atoms in total. The van der Waals surface area contributed by atoms with E-state index in [1.807, 2.05) is 0 Å². The van der Waals surface area contributed by atoms with Crippen LogP contribution in [0.25, 0.3) is 0 Å². The second-order valence-corrected chi connectivity index (χ2v) is 5.98. The summed E-state index contributed by atoms with van der Waals surface area (Å²) >= 11 is 6.16. The van der Waals surface area contributed by atoms with Crippen LogP contribution >= 0.6 is 11.6 Å². The molecule has 0 saturated heterocycles. The van der Waals surface area contributed by atoms with E-state index < -0.39 is 34.6 Å². The van der Waals surface area contributed by atoms with Crippen LogP contribution in [-0.2, 0) is 0 Å². The van der Waals surface area contributed by atoms with Crippen LogP contribution in [0.15, 0.2) is 35.7 Å². The number of anilines is 1. The number of ether oxygens (including phenoxy) is 1. The molecule has 0 spiro atoms. The monoisotopic (exact) mass is 444 g/mol. The van der Waals surface area contributed by atoms with Gasteiger partial charge in [-0.25, -0.2) is 5.53 Å². The lowest BCUT2D eigenvalue weighted by atomic mass is 10.1. The number of hydrogen-bond donors (Lipinski definition) is 4. The predicted molar refractivity (Wildman–Crippen MR) is 97.1 cm³/mol. The average molecular weight is 445 g/mol. The van der Waals surface area contributed by atoms with Gasteiger partial charge in [-0.05, 0) is 18.2 Å². The zero-order valence-electron chi connectivity index (χ0n) is 14.9. The Morgan fingerprint density at radius 3 is 2.53 bits per heavy atom. The van der Waals surface area contributed by atoms with Crippen molar-refractivity contribution in [2.24, 2.45) is 5.10 Å². The molecule has 2 heterocycles. The van der Waals surface area contributed by atoms with E-state index in [9.17, 15) is 22.8 Å². The standard InChI is InChI=1S/C15H12ClF3N8O3/c1-27-14(24-25-26-27)23-13(29)8-2-3-9(30-15(17,18)19)11(10(8)16)22-12(28)7-4-5-20-21-6-7/h2-6,25-26H,1H3,(H,22,28)(H,23,24,29). The zero-order chi connectivity index (χ0) is 21.9. The maximum absolute atomic E-state index is 12.8. The SMILES string of the molecule is CN1NNN=C1NC(=O)c1ccc(OC(F)(F)F)c(NC(=O)c2ccnnc2)c1Cl. The highest BCUT2D eigenvalue weighted by molar-refractivity contribution is 6.37. The summed E-state index contributed by atoms with van der Waals surface area (Å²) in [7, 11) is 1.54. The molecule has 3 rings (SSSR count). The Kier molecular flexibility index (Phi) is 5.89. The summed E-state index contributed by atoms with van der Waals surface area (Å²) < 4.78 is 42.3. The van der Waals surface area contributed by atoms with Gasteiger partial charge in [-0.2, -0.15) is 10.2 Å². The molecule has 0 atom stereocenters. The molecule has 15 heteroatoms. The number of carbonyl (C=O) groups is 2. The van der Waals surface area contributed by atoms with Gasteiger partial charge in [0.05, 0.1) is 28.5 Å². The maximum atomic E-state index is 12.8. The quantitative estimate of drug-likeness (QED) is 0.553. The zero-order valence-corrected chi connectivity index (χ0v) is 15.7. The Balaban J connectivity index is 1.95. The van der Waals surface area contributed by atoms with Crippen molar-refractivity contribution in [3.05, 3.63) is 46.7 Å². The van der Waals surface area contributed by atoms with Gasteiger partial charge in [-0.15, -0.1) is 23.8 Å². The number of nitrogens with zero attached hydrogens (tertiary/aromatic N) is 4. The molecule has 1 aromatic carbocycles. The normalized spacial score (nSPS) is 13.4. The molecule has 0 radical (unpaired) electrons. The van der Waals surface area contributed by atoms with Crippen LogP contribution in [0.5, 0.6) is 5.75 Å². The Labute approximate surface area is 171 Å². The van der Waals surface area contributed by atoms with Crippen molar-refractivity contribution in [2.75, 3.05) is 12.4 Å². The molecule has 1 aliphatic heterocycles. The highest BCUT2D eigenvalue weighted by atomic mass is 35.5. The van der Waals surface area contributed by atoms with Crippen molar-refractivity contribution in [2.45, 2.75) is 6.36 Å². The van der Waals surface area contributed by atoms with Gasteiger partial charge in [0, 0.05) is 7.05 Å². The molecule has 1 aromatic heterocycles. The number of carbonyl (C=O) groups excluding carboxylic acids is 2. The maximum Gasteiger partial charge on any atom is 0.573 e. The number of rotatable bonds is 4. The van der Waals surface area contributed by atoms with Crippen LogP contribution in [0, 0.1) is 0 Å². The minimum absolute atomic E-state index is 0.00651. The number of benzene rings is 1. The first kappa shape index (κ1) is 21.1. The molecular weight excluding hydrogens is 433 g/mol. The number of hydrazine groups is 2. The van der Waals surface area contributed by atoms with Gasteiger partial charge in [0.1, 0.15) is 5.69 Å². The number of alkyl halides is 3. The molecule has 0 aliphatic carbocycles. The first-order valence-corrected chi connectivity index (χ1v) is 8.33. The lowest BCUT2D eigenvalue weighted by molar-refractivity contribution is -0.274. The van der Waals surface area contributed by atoms with Crippen LogP contribution in [0.3, 0.4) is 0 Å². The second kappa shape index (κ2) is 8.38. The van der Waals surface area contributed by atoms with Gasteiger partial charge in [0.2, 0.25) is 5.96 Å². The summed E-state index contributed by atoms with van der Waals surface area (Å²) in [4.78, 5) is 24.9. The van der Waals surface area contributed by atoms with Crippen molar-refractivity contribution in [3.63, 3.8) is 0 Å². The van der Waals surface area contributed by atoms with Gasteiger partial charge < -0.3 is 10.1 Å². The van der Waals surface area contributed by atoms with Crippen LogP contribution in [0.4, 0.5) is 18.9 Å². The Morgan fingerprint density at radius 1 is 1.17 bits per heavy atom. The van der Waals surface area contributed by atoms with Crippen LogP contribution in [0.1, 0.15) is 20.7 Å². The van der Waals surface area contributed by atoms with Gasteiger partial charge in [-0.1, -0.05) is 11.6 Å². The van der Waals surface area contributed by atoms with Gasteiger partial charge in [0.15, 0.2) is 5.75 Å². The molecule has 0 bridgehead atoms. The van der Waals surface area contributed by atoms with Crippen LogP contribution in [0.2, 0.25) is 5.02 Å². The van der Waals surface area contributed by atoms with Crippen molar-refractivity contribution in [1.82, 2.24) is 31.6 Å². The van der Waals surface area contributed by atoms with Crippen LogP contribution < -0.4 is 26.4 Å². The molecule has 30 heavy (non-hydrogen) atoms. The van der Waals surface area contributed by atoms with E-state index in [4.69, 9.17) is 11.6 Å². The Bertz CT molecular complexity index is 1000. The molecule has 2 aromatic rings. The molecule has 0 unspecified atom stereocenters. The number of hydrazone groups is 1. The lowest BCUT2D eigenvalue weighted by Crippen LogP contribution is -2.45. The minimum atomic E-state index is -5.07. The van der Waals surface area contributed by atoms with Crippen molar-refractivity contribution in [3.8, 4) is 5.75 Å². The largest absolute Gasteiger partial charge is 0.573 e. The third-order valence-corrected chi connectivity index (χ3v) is 3.97. The summed E-state index contributed by atoms with van der Waals surface area (Å²) in [6.45, 7) is 0. The fourth-order valence-electron chi connectivity index (χ4n) is 2.23. The summed E-state index contributed by atoms with van der Waals surface area (Å²) in [5.74, 6) is -2.38. The summed E-state index contributed by atoms with van der Waals surface area (Å²) in [6, 6.07) is 3.15. The lowest BCUT2D eigenvalue weighted by Gasteiger charge is -2.18. The van der Waals surface area contributed by atoms with Crippen molar-refractivity contribution in [1.29, 1.82) is 0 Å². The van der Waals surface area contributed by atoms with Crippen molar-refractivity contribution >= 4 is 35.1 Å². The Morgan fingerprint density at radius 2 is 1.93 bits per heavy atom. The minimum Gasteiger partial charge on any atom is -0.404 e. The summed E-state index contributed by atoms with van der Waals surface area (Å²) in [5, 5.41) is 16.2. The van der Waals surface area contributed by atoms with E-state index in [2.05, 4.69) is 41.7 Å². The molecular formula is C15H12ClF3N8O3. The number of hydrogen-bond acceptors (Lipinski definition) is 9. The molecule has 1 aliphatic rings. The first-order valence-electron chi connectivity index (χ1n) is 7.95. The second-order valence-electron chi connectivity index (χ2n) is 5.61. The number of guanidine groups is 1. The fraction of sp³-hybridized carbons (Fsp3) is 0.133. The fourth-order valence-corrected chi connectivity index (χ4v) is 2.52. The summed E-state index contributed by atoms with van der Waals surface area (Å²) in [6.07, 6.45) is -2.75. The topological polar surface area (TPSA) is 133 Å². The molecule has 4 N–H and O–H groups in total. The molecule has 2 amide bonds. The van der Waals surface area contributed by atoms with E-state index in [0.717, 1.165) is 18.3 Å². The van der Waals surface area contributed by atoms with Gasteiger partial charge in [-0.3, -0.25) is 19.9 Å². The number of halogens is 4. The van der Waals surface area contributed by atoms with E-state index in [0.29, 0.717) is 0 Å². The highest BCUT2D eigenvalue weighted by Gasteiger charge is 2.34. The van der Waals surface area contributed by atoms with E-state index >= 15 is 0 Å². The molecule has 0 saturated carbocycles. The van der Waals surface area contributed by atoms with Gasteiger partial charge >= 0.3 is 6.36 Å². The molecule has 0 fully saturated rings. The van der Waals surface area contributed by atoms with E-state index in [1.165, 1.54) is 24.3 Å². The van der Waals surface area contributed by atoms with Crippen LogP contribution in [-0.4, -0.2) is 46.4 Å². The van der Waals surface area contributed by atoms with Gasteiger partial charge in [0.25, 0.3) is 11.8 Å². The number of nitrogens with one attached hydrogen (secondary N) is 4. The highest BCUT2D eigenvalue weighted by Crippen LogP contribution is 2.38. The third-order valence-electron chi connectivity index (χ3n) is 3.58. The van der Waals surface area contributed by atoms with Crippen molar-refractivity contribution < 1.29 is 27.5 Å². The average Bonchev–Trinajstić information content (AvgIpc) is 3.08. The first-order chi connectivity index (χ1) is 14.2. The number of aromatic nitrogens is 2. The van der Waals surface area contributed by atoms with E-state index in [1.54, 1.807) is 0 Å². The predicted octanol–water partition coefficient (Wildman–Crippen LogP) is 1.24. The summed E-state index contributed by atoms with van der Waals surface area (Å²) in [5.41, 5.74) is 4.14. The number of amides is 2.